The summed E-state index contributed by atoms with van der Waals surface area (Å²) >= 11 is 0. The Morgan fingerprint density at radius 1 is 1.00 bits per heavy atom. The summed E-state index contributed by atoms with van der Waals surface area (Å²) in [5, 5.41) is 0.691. The van der Waals surface area contributed by atoms with Crippen LogP contribution >= 0.6 is 0 Å². The highest BCUT2D eigenvalue weighted by Crippen LogP contribution is 2.33. The third-order valence-electron chi connectivity index (χ3n) is 3.79. The summed E-state index contributed by atoms with van der Waals surface area (Å²) in [4.78, 5) is 23.3. The summed E-state index contributed by atoms with van der Waals surface area (Å²) in [6.07, 6.45) is 0. The van der Waals surface area contributed by atoms with Gasteiger partial charge in [0.25, 0.3) is 5.91 Å². The molecule has 0 aliphatic rings. The molecule has 3 rings (SSSR count). The minimum absolute atomic E-state index is 0.255. The van der Waals surface area contributed by atoms with Crippen LogP contribution in [0.4, 0.5) is 0 Å². The van der Waals surface area contributed by atoms with Crippen LogP contribution in [-0.4, -0.2) is 26.7 Å². The first-order chi connectivity index (χ1) is 12.5. The Kier molecular flexibility index (Phi) is 4.79. The zero-order valence-electron chi connectivity index (χ0n) is 14.3. The molecule has 0 aliphatic heterocycles. The maximum absolute atomic E-state index is 12.5. The number of carbonyl (C=O) groups is 1. The van der Waals surface area contributed by atoms with Crippen molar-refractivity contribution in [1.82, 2.24) is 0 Å². The molecule has 3 aromatic rings. The number of benzene rings is 2. The highest BCUT2D eigenvalue weighted by Gasteiger charge is 2.14. The van der Waals surface area contributed by atoms with Crippen molar-refractivity contribution in [2.24, 2.45) is 5.73 Å². The third kappa shape index (κ3) is 3.46. The van der Waals surface area contributed by atoms with Crippen LogP contribution in [0.25, 0.3) is 22.1 Å². The van der Waals surface area contributed by atoms with Crippen LogP contribution in [0.2, 0.25) is 0 Å². The smallest absolute Gasteiger partial charge is 0.344 e. The van der Waals surface area contributed by atoms with Gasteiger partial charge in [0.05, 0.1) is 19.8 Å². The molecule has 0 radical (unpaired) electrons. The first-order valence-electron chi connectivity index (χ1n) is 7.73. The van der Waals surface area contributed by atoms with Gasteiger partial charge in [0.1, 0.15) is 22.8 Å². The molecular weight excluding hydrogens is 338 g/mol. The topological polar surface area (TPSA) is 101 Å². The average molecular weight is 355 g/mol. The molecule has 0 bridgehead atoms. The molecule has 7 nitrogen and oxygen atoms in total. The lowest BCUT2D eigenvalue weighted by molar-refractivity contribution is -0.119. The van der Waals surface area contributed by atoms with Gasteiger partial charge in [0.2, 0.25) is 0 Å². The molecular formula is C19H17NO6. The van der Waals surface area contributed by atoms with Crippen molar-refractivity contribution in [3.8, 4) is 28.4 Å². The second-order valence-electron chi connectivity index (χ2n) is 5.47. The Bertz CT molecular complexity index is 1020. The standard InChI is InChI=1S/C19H17NO6/c1-23-12-5-6-16(24-2)14(8-12)15-7-11-3-4-13(25-10-18(20)21)9-17(11)26-19(15)22/h3-9H,10H2,1-2H3,(H2,20,21). The molecule has 0 atom stereocenters. The molecule has 134 valence electrons. The first kappa shape index (κ1) is 17.3. The van der Waals surface area contributed by atoms with Gasteiger partial charge in [0.15, 0.2) is 6.61 Å². The molecule has 0 fully saturated rings. The van der Waals surface area contributed by atoms with E-state index in [-0.39, 0.29) is 6.61 Å². The zero-order valence-corrected chi connectivity index (χ0v) is 14.3. The van der Waals surface area contributed by atoms with Crippen LogP contribution < -0.4 is 25.6 Å². The Balaban J connectivity index is 2.09. The van der Waals surface area contributed by atoms with Gasteiger partial charge in [-0.25, -0.2) is 4.79 Å². The normalized spacial score (nSPS) is 10.5. The summed E-state index contributed by atoms with van der Waals surface area (Å²) in [7, 11) is 3.07. The number of hydrogen-bond donors (Lipinski definition) is 1. The predicted octanol–water partition coefficient (Wildman–Crippen LogP) is 2.34. The lowest BCUT2D eigenvalue weighted by Crippen LogP contribution is -2.19. The van der Waals surface area contributed by atoms with Crippen molar-refractivity contribution in [2.45, 2.75) is 0 Å². The van der Waals surface area contributed by atoms with E-state index in [4.69, 9.17) is 24.4 Å². The summed E-state index contributed by atoms with van der Waals surface area (Å²) in [5.41, 5.74) is 5.77. The maximum Gasteiger partial charge on any atom is 0.344 e. The molecule has 26 heavy (non-hydrogen) atoms. The molecule has 0 aliphatic carbocycles. The van der Waals surface area contributed by atoms with Crippen molar-refractivity contribution in [2.75, 3.05) is 20.8 Å². The van der Waals surface area contributed by atoms with E-state index >= 15 is 0 Å². The van der Waals surface area contributed by atoms with Crippen molar-refractivity contribution in [3.63, 3.8) is 0 Å². The molecule has 0 saturated heterocycles. The molecule has 2 N–H and O–H groups in total. The highest BCUT2D eigenvalue weighted by atomic mass is 16.5. The number of fused-ring (bicyclic) bond motifs is 1. The molecule has 0 saturated carbocycles. The minimum Gasteiger partial charge on any atom is -0.497 e. The second-order valence-corrected chi connectivity index (χ2v) is 5.47. The van der Waals surface area contributed by atoms with Crippen LogP contribution in [0.3, 0.4) is 0 Å². The minimum atomic E-state index is -0.591. The summed E-state index contributed by atoms with van der Waals surface area (Å²) in [5.74, 6) is 0.910. The predicted molar refractivity (Wildman–Crippen MR) is 95.7 cm³/mol. The van der Waals surface area contributed by atoms with Crippen LogP contribution in [-0.2, 0) is 4.79 Å². The van der Waals surface area contributed by atoms with E-state index in [1.165, 1.54) is 13.2 Å². The van der Waals surface area contributed by atoms with Crippen LogP contribution in [0.15, 0.2) is 51.7 Å². The molecule has 1 amide bonds. The van der Waals surface area contributed by atoms with E-state index in [1.807, 2.05) is 0 Å². The van der Waals surface area contributed by atoms with Gasteiger partial charge in [-0.15, -0.1) is 0 Å². The van der Waals surface area contributed by atoms with Gasteiger partial charge < -0.3 is 24.4 Å². The van der Waals surface area contributed by atoms with Gasteiger partial charge in [-0.3, -0.25) is 4.79 Å². The number of carbonyl (C=O) groups excluding carboxylic acids is 1. The lowest BCUT2D eigenvalue weighted by atomic mass is 10.0. The van der Waals surface area contributed by atoms with Crippen molar-refractivity contribution < 1.29 is 23.4 Å². The van der Waals surface area contributed by atoms with Crippen molar-refractivity contribution in [1.29, 1.82) is 0 Å². The third-order valence-corrected chi connectivity index (χ3v) is 3.79. The number of amides is 1. The monoisotopic (exact) mass is 355 g/mol. The quantitative estimate of drug-likeness (QED) is 0.681. The number of primary amides is 1. The summed E-state index contributed by atoms with van der Waals surface area (Å²) in [6, 6.07) is 11.8. The number of nitrogens with two attached hydrogens (primary N) is 1. The molecule has 1 aromatic heterocycles. The fraction of sp³-hybridized carbons (Fsp3) is 0.158. The van der Waals surface area contributed by atoms with Crippen LogP contribution in [0.1, 0.15) is 0 Å². The largest absolute Gasteiger partial charge is 0.497 e. The Hall–Kier alpha value is -3.48. The lowest BCUT2D eigenvalue weighted by Gasteiger charge is -2.10. The number of hydrogen-bond acceptors (Lipinski definition) is 6. The molecule has 0 spiro atoms. The second kappa shape index (κ2) is 7.18. The van der Waals surface area contributed by atoms with E-state index in [2.05, 4.69) is 0 Å². The van der Waals surface area contributed by atoms with E-state index < -0.39 is 11.5 Å². The zero-order chi connectivity index (χ0) is 18.7. The number of ether oxygens (including phenoxy) is 3. The Morgan fingerprint density at radius 3 is 2.46 bits per heavy atom. The molecule has 7 heteroatoms. The Labute approximate surface area is 148 Å². The van der Waals surface area contributed by atoms with Gasteiger partial charge in [-0.05, 0) is 36.4 Å². The van der Waals surface area contributed by atoms with Gasteiger partial charge in [-0.1, -0.05) is 0 Å². The summed E-state index contributed by atoms with van der Waals surface area (Å²) < 4.78 is 21.2. The van der Waals surface area contributed by atoms with Crippen molar-refractivity contribution in [3.05, 3.63) is 52.9 Å². The Morgan fingerprint density at radius 2 is 1.77 bits per heavy atom. The molecule has 0 unspecified atom stereocenters. The van der Waals surface area contributed by atoms with E-state index in [0.717, 1.165) is 0 Å². The summed E-state index contributed by atoms with van der Waals surface area (Å²) in [6.45, 7) is -0.255. The number of methoxy groups -OCH3 is 2. The molecule has 1 heterocycles. The van der Waals surface area contributed by atoms with Crippen LogP contribution in [0, 0.1) is 0 Å². The maximum atomic E-state index is 12.5. The van der Waals surface area contributed by atoms with Gasteiger partial charge in [-0.2, -0.15) is 0 Å². The SMILES string of the molecule is COc1ccc(OC)c(-c2cc3ccc(OCC(N)=O)cc3oc2=O)c1. The fourth-order valence-corrected chi connectivity index (χ4v) is 2.55. The first-order valence-corrected chi connectivity index (χ1v) is 7.73. The molecule has 2 aromatic carbocycles. The van der Waals surface area contributed by atoms with E-state index in [9.17, 15) is 9.59 Å². The van der Waals surface area contributed by atoms with E-state index in [0.29, 0.717) is 39.3 Å². The fourth-order valence-electron chi connectivity index (χ4n) is 2.55. The van der Waals surface area contributed by atoms with Gasteiger partial charge in [0, 0.05) is 17.0 Å². The van der Waals surface area contributed by atoms with Crippen LogP contribution in [0.5, 0.6) is 17.2 Å². The highest BCUT2D eigenvalue weighted by molar-refractivity contribution is 5.84. The average Bonchev–Trinajstić information content (AvgIpc) is 2.65. The van der Waals surface area contributed by atoms with Gasteiger partial charge >= 0.3 is 5.63 Å². The number of rotatable bonds is 6. The van der Waals surface area contributed by atoms with Crippen molar-refractivity contribution >= 4 is 16.9 Å². The van der Waals surface area contributed by atoms with E-state index in [1.54, 1.807) is 43.5 Å².